The molecule has 1 nitrogen and oxygen atoms in total. The van der Waals surface area contributed by atoms with E-state index in [1.54, 1.807) is 0 Å². The summed E-state index contributed by atoms with van der Waals surface area (Å²) < 4.78 is 14.3. The molecule has 0 saturated heterocycles. The number of rotatable bonds is 4. The average Bonchev–Trinajstić information content (AvgIpc) is 3.35. The van der Waals surface area contributed by atoms with Gasteiger partial charge < -0.3 is 4.57 Å². The molecule has 0 amide bonds. The van der Waals surface area contributed by atoms with Crippen molar-refractivity contribution in [2.45, 2.75) is 0 Å². The zero-order valence-corrected chi connectivity index (χ0v) is 15.3. The van der Waals surface area contributed by atoms with E-state index in [1.165, 1.54) is 15.9 Å². The smallest absolute Gasteiger partial charge is 0.172 e. The molecule has 1 unspecified atom stereocenters. The second-order valence-corrected chi connectivity index (χ2v) is 10.9. The van der Waals surface area contributed by atoms with Crippen LogP contribution in [0.1, 0.15) is 5.56 Å². The maximum atomic E-state index is 14.3. The molecule has 0 N–H and O–H groups in total. The van der Waals surface area contributed by atoms with E-state index in [-0.39, 0.29) is 0 Å². The second kappa shape index (κ2) is 6.17. The van der Waals surface area contributed by atoms with Crippen molar-refractivity contribution >= 4 is 31.0 Å². The molecule has 3 heteroatoms. The van der Waals surface area contributed by atoms with Crippen LogP contribution < -0.4 is 10.6 Å². The SMILES string of the molecule is CP1C(c2ccccc2)=C1P(=O)(c1ccccc1)c1ccccc1. The predicted molar refractivity (Wildman–Crippen MR) is 106 cm³/mol. The number of benzene rings is 3. The quantitative estimate of drug-likeness (QED) is 0.573. The molecule has 0 bridgehead atoms. The van der Waals surface area contributed by atoms with Gasteiger partial charge in [-0.15, -0.1) is 0 Å². The van der Waals surface area contributed by atoms with E-state index < -0.39 is 15.1 Å². The Kier molecular flexibility index (Phi) is 4.01. The Bertz CT molecular complexity index is 888. The predicted octanol–water partition coefficient (Wildman–Crippen LogP) is 5.45. The van der Waals surface area contributed by atoms with Crippen LogP contribution in [0.25, 0.3) is 5.31 Å². The van der Waals surface area contributed by atoms with Crippen LogP contribution in [-0.2, 0) is 4.57 Å². The Morgan fingerprint density at radius 2 is 1.08 bits per heavy atom. The lowest BCUT2D eigenvalue weighted by Crippen LogP contribution is -2.14. The van der Waals surface area contributed by atoms with Crippen LogP contribution in [0.15, 0.2) is 96.1 Å². The Morgan fingerprint density at radius 1 is 0.667 bits per heavy atom. The fourth-order valence-corrected chi connectivity index (χ4v) is 10.4. The average molecular weight is 348 g/mol. The largest absolute Gasteiger partial charge is 0.309 e. The first kappa shape index (κ1) is 15.6. The summed E-state index contributed by atoms with van der Waals surface area (Å²) in [7, 11) is -3.19. The summed E-state index contributed by atoms with van der Waals surface area (Å²) in [5.41, 5.74) is 1.22. The van der Waals surface area contributed by atoms with Crippen molar-refractivity contribution in [3.63, 3.8) is 0 Å². The lowest BCUT2D eigenvalue weighted by atomic mass is 10.2. The molecule has 0 radical (unpaired) electrons. The van der Waals surface area contributed by atoms with Crippen molar-refractivity contribution in [2.75, 3.05) is 6.66 Å². The van der Waals surface area contributed by atoms with Crippen molar-refractivity contribution in [3.05, 3.63) is 102 Å². The van der Waals surface area contributed by atoms with E-state index in [0.29, 0.717) is 0 Å². The monoisotopic (exact) mass is 348 g/mol. The van der Waals surface area contributed by atoms with Gasteiger partial charge in [0, 0.05) is 15.7 Å². The molecular formula is C21H18OP2. The Hall–Kier alpha value is -1.94. The van der Waals surface area contributed by atoms with Gasteiger partial charge in [-0.3, -0.25) is 0 Å². The standard InChI is InChI=1S/C21H18OP2/c1-23-20(17-11-5-2-6-12-17)21(23)24(22,18-13-7-3-8-14-18)19-15-9-4-10-16-19/h2-16H,1H3. The highest BCUT2D eigenvalue weighted by atomic mass is 31.2. The highest BCUT2D eigenvalue weighted by molar-refractivity contribution is 8.02. The fourth-order valence-electron chi connectivity index (χ4n) is 3.18. The molecule has 118 valence electrons. The van der Waals surface area contributed by atoms with E-state index in [4.69, 9.17) is 0 Å². The van der Waals surface area contributed by atoms with Gasteiger partial charge in [-0.2, -0.15) is 0 Å². The summed E-state index contributed by atoms with van der Waals surface area (Å²) in [6.07, 6.45) is 0. The molecule has 4 rings (SSSR count). The highest BCUT2D eigenvalue weighted by Gasteiger charge is 2.47. The van der Waals surface area contributed by atoms with Crippen LogP contribution in [0.4, 0.5) is 0 Å². The van der Waals surface area contributed by atoms with Crippen molar-refractivity contribution in [3.8, 4) is 0 Å². The third kappa shape index (κ3) is 2.49. The molecular weight excluding hydrogens is 330 g/mol. The van der Waals surface area contributed by atoms with E-state index in [1.807, 2.05) is 66.7 Å². The molecule has 24 heavy (non-hydrogen) atoms. The van der Waals surface area contributed by atoms with Gasteiger partial charge in [0.15, 0.2) is 7.14 Å². The van der Waals surface area contributed by atoms with Crippen LogP contribution in [-0.4, -0.2) is 6.66 Å². The molecule has 1 atom stereocenters. The number of hydrogen-bond donors (Lipinski definition) is 0. The molecule has 1 aliphatic rings. The second-order valence-electron chi connectivity index (χ2n) is 5.88. The van der Waals surface area contributed by atoms with Crippen molar-refractivity contribution in [1.82, 2.24) is 0 Å². The maximum absolute atomic E-state index is 14.3. The van der Waals surface area contributed by atoms with Crippen LogP contribution in [0.3, 0.4) is 0 Å². The van der Waals surface area contributed by atoms with E-state index in [0.717, 1.165) is 10.6 Å². The summed E-state index contributed by atoms with van der Waals surface area (Å²) in [6, 6.07) is 30.3. The Labute approximate surface area is 144 Å². The third-order valence-electron chi connectivity index (χ3n) is 4.40. The van der Waals surface area contributed by atoms with E-state index in [2.05, 4.69) is 30.9 Å². The Morgan fingerprint density at radius 3 is 1.54 bits per heavy atom. The maximum Gasteiger partial charge on any atom is 0.172 e. The van der Waals surface area contributed by atoms with Gasteiger partial charge in [0.2, 0.25) is 0 Å². The number of hydrogen-bond acceptors (Lipinski definition) is 1. The van der Waals surface area contributed by atoms with Gasteiger partial charge in [0.25, 0.3) is 0 Å². The first-order valence-corrected chi connectivity index (χ1v) is 11.5. The molecule has 0 fully saturated rings. The molecule has 0 saturated carbocycles. The molecule has 1 heterocycles. The lowest BCUT2D eigenvalue weighted by Gasteiger charge is -2.17. The fraction of sp³-hybridized carbons (Fsp3) is 0.0476. The first-order valence-electron chi connectivity index (χ1n) is 7.98. The van der Waals surface area contributed by atoms with Crippen molar-refractivity contribution in [2.24, 2.45) is 0 Å². The van der Waals surface area contributed by atoms with Crippen LogP contribution in [0.5, 0.6) is 0 Å². The summed E-state index contributed by atoms with van der Waals surface area (Å²) in [6.45, 7) is 2.23. The summed E-state index contributed by atoms with van der Waals surface area (Å²) >= 11 is 0. The molecule has 0 aromatic heterocycles. The summed E-state index contributed by atoms with van der Waals surface area (Å²) in [4.78, 5) is 0. The summed E-state index contributed by atoms with van der Waals surface area (Å²) in [5.74, 6) is 0. The molecule has 1 aliphatic heterocycles. The van der Waals surface area contributed by atoms with Gasteiger partial charge in [-0.25, -0.2) is 0 Å². The van der Waals surface area contributed by atoms with Gasteiger partial charge in [0.05, 0.1) is 0 Å². The lowest BCUT2D eigenvalue weighted by molar-refractivity contribution is 0.592. The zero-order valence-electron chi connectivity index (χ0n) is 13.5. The minimum absolute atomic E-state index is 0.439. The van der Waals surface area contributed by atoms with Gasteiger partial charge in [-0.1, -0.05) is 91.0 Å². The van der Waals surface area contributed by atoms with Crippen molar-refractivity contribution < 1.29 is 4.57 Å². The normalized spacial score (nSPS) is 17.0. The molecule has 3 aromatic rings. The topological polar surface area (TPSA) is 17.1 Å². The highest BCUT2D eigenvalue weighted by Crippen LogP contribution is 2.84. The van der Waals surface area contributed by atoms with Crippen LogP contribution >= 0.6 is 15.1 Å². The molecule has 0 aliphatic carbocycles. The zero-order chi connectivity index (χ0) is 16.6. The first-order chi connectivity index (χ1) is 11.7. The van der Waals surface area contributed by atoms with E-state index in [9.17, 15) is 4.57 Å². The van der Waals surface area contributed by atoms with Gasteiger partial charge in [-0.05, 0) is 25.5 Å². The molecule has 0 spiro atoms. The summed E-state index contributed by atoms with van der Waals surface area (Å²) in [5, 5.41) is 4.35. The minimum Gasteiger partial charge on any atom is -0.309 e. The molecule has 3 aromatic carbocycles. The van der Waals surface area contributed by atoms with Gasteiger partial charge in [0.1, 0.15) is 0 Å². The Balaban J connectivity index is 1.93. The third-order valence-corrected chi connectivity index (χ3v) is 11.0. The minimum atomic E-state index is -2.75. The van der Waals surface area contributed by atoms with Crippen molar-refractivity contribution in [1.29, 1.82) is 0 Å². The van der Waals surface area contributed by atoms with E-state index >= 15 is 0 Å². The van der Waals surface area contributed by atoms with Crippen LogP contribution in [0.2, 0.25) is 0 Å². The van der Waals surface area contributed by atoms with Crippen LogP contribution in [0, 0.1) is 0 Å². The van der Waals surface area contributed by atoms with Gasteiger partial charge >= 0.3 is 0 Å².